The Kier molecular flexibility index (Phi) is 5.23. The molecule has 0 bridgehead atoms. The molecule has 1 unspecified atom stereocenters. The second-order valence-electron chi connectivity index (χ2n) is 4.00. The van der Waals surface area contributed by atoms with Crippen LogP contribution in [0.15, 0.2) is 16.9 Å². The fraction of sp³-hybridized carbons (Fsp3) is 0.500. The first-order valence-electron chi connectivity index (χ1n) is 5.96. The number of nitrogens with zero attached hydrogens (tertiary/aromatic N) is 2. The van der Waals surface area contributed by atoms with Gasteiger partial charge in [0.25, 0.3) is 11.5 Å². The zero-order valence-corrected chi connectivity index (χ0v) is 11.2. The van der Waals surface area contributed by atoms with Crippen LogP contribution in [0.4, 0.5) is 0 Å². The average molecular weight is 267 g/mol. The van der Waals surface area contributed by atoms with Crippen LogP contribution in [0.5, 0.6) is 0 Å². The van der Waals surface area contributed by atoms with Crippen molar-refractivity contribution < 1.29 is 14.3 Å². The topological polar surface area (TPSA) is 90.3 Å². The third-order valence-corrected chi connectivity index (χ3v) is 2.44. The van der Waals surface area contributed by atoms with Gasteiger partial charge in [-0.15, -0.1) is 0 Å². The maximum absolute atomic E-state index is 11.8. The third-order valence-electron chi connectivity index (χ3n) is 2.44. The number of carbonyl (C=O) groups is 2. The van der Waals surface area contributed by atoms with Crippen LogP contribution in [0, 0.1) is 0 Å². The van der Waals surface area contributed by atoms with Gasteiger partial charge in [0.2, 0.25) is 0 Å². The first-order chi connectivity index (χ1) is 8.99. The number of rotatable bonds is 5. The molecule has 1 aromatic rings. The lowest BCUT2D eigenvalue weighted by Gasteiger charge is -2.11. The van der Waals surface area contributed by atoms with Crippen LogP contribution < -0.4 is 10.9 Å². The van der Waals surface area contributed by atoms with Crippen LogP contribution >= 0.6 is 0 Å². The van der Waals surface area contributed by atoms with Gasteiger partial charge >= 0.3 is 5.97 Å². The Labute approximate surface area is 110 Å². The molecule has 0 aromatic carbocycles. The van der Waals surface area contributed by atoms with E-state index in [1.165, 1.54) is 30.8 Å². The summed E-state index contributed by atoms with van der Waals surface area (Å²) in [5.41, 5.74) is -0.178. The van der Waals surface area contributed by atoms with Gasteiger partial charge < -0.3 is 10.1 Å². The van der Waals surface area contributed by atoms with E-state index < -0.39 is 17.9 Å². The zero-order valence-electron chi connectivity index (χ0n) is 11.2. The molecule has 0 fully saturated rings. The number of hydrogen-bond donors (Lipinski definition) is 1. The van der Waals surface area contributed by atoms with Crippen molar-refractivity contribution in [1.29, 1.82) is 0 Å². The van der Waals surface area contributed by atoms with Crippen molar-refractivity contribution >= 4 is 11.9 Å². The highest BCUT2D eigenvalue weighted by atomic mass is 16.5. The highest BCUT2D eigenvalue weighted by molar-refractivity contribution is 5.94. The smallest absolute Gasteiger partial charge is 0.328 e. The van der Waals surface area contributed by atoms with Gasteiger partial charge in [0.1, 0.15) is 11.7 Å². The highest BCUT2D eigenvalue weighted by Gasteiger charge is 2.18. The monoisotopic (exact) mass is 267 g/mol. The van der Waals surface area contributed by atoms with Crippen molar-refractivity contribution in [3.63, 3.8) is 0 Å². The van der Waals surface area contributed by atoms with Gasteiger partial charge in [-0.2, -0.15) is 5.10 Å². The van der Waals surface area contributed by atoms with Crippen molar-refractivity contribution in [2.24, 2.45) is 0 Å². The van der Waals surface area contributed by atoms with Crippen LogP contribution in [0.2, 0.25) is 0 Å². The van der Waals surface area contributed by atoms with Crippen molar-refractivity contribution in [3.8, 4) is 0 Å². The van der Waals surface area contributed by atoms with Gasteiger partial charge in [-0.05, 0) is 19.4 Å². The maximum atomic E-state index is 11.8. The average Bonchev–Trinajstić information content (AvgIpc) is 2.40. The number of methoxy groups -OCH3 is 1. The number of hydrogen-bond acceptors (Lipinski definition) is 5. The predicted molar refractivity (Wildman–Crippen MR) is 67.7 cm³/mol. The van der Waals surface area contributed by atoms with E-state index in [0.29, 0.717) is 6.54 Å². The molecule has 7 nitrogen and oxygen atoms in total. The summed E-state index contributed by atoms with van der Waals surface area (Å²) in [7, 11) is 1.24. The molecule has 19 heavy (non-hydrogen) atoms. The zero-order chi connectivity index (χ0) is 14.4. The summed E-state index contributed by atoms with van der Waals surface area (Å²) in [4.78, 5) is 34.5. The van der Waals surface area contributed by atoms with Gasteiger partial charge in [-0.25, -0.2) is 9.48 Å². The van der Waals surface area contributed by atoms with Crippen molar-refractivity contribution in [2.75, 3.05) is 7.11 Å². The Morgan fingerprint density at radius 2 is 2.16 bits per heavy atom. The second-order valence-corrected chi connectivity index (χ2v) is 4.00. The number of aromatic nitrogens is 2. The standard InChI is InChI=1S/C12H17N3O4/c1-4-7-15-10(16)6-5-9(14-15)11(17)13-8(2)12(18)19-3/h5-6,8H,4,7H2,1-3H3,(H,13,17). The molecule has 0 aliphatic rings. The number of nitrogens with one attached hydrogen (secondary N) is 1. The molecule has 1 N–H and O–H groups in total. The molecule has 1 amide bonds. The minimum Gasteiger partial charge on any atom is -0.467 e. The van der Waals surface area contributed by atoms with Gasteiger partial charge in [0.15, 0.2) is 0 Å². The molecular weight excluding hydrogens is 250 g/mol. The summed E-state index contributed by atoms with van der Waals surface area (Å²) in [6.45, 7) is 3.85. The number of esters is 1. The first kappa shape index (κ1) is 14.9. The lowest BCUT2D eigenvalue weighted by Crippen LogP contribution is -2.40. The molecule has 104 valence electrons. The molecule has 0 aliphatic heterocycles. The molecule has 1 rings (SSSR count). The van der Waals surface area contributed by atoms with Crippen molar-refractivity contribution in [3.05, 3.63) is 28.2 Å². The van der Waals surface area contributed by atoms with Gasteiger partial charge in [0, 0.05) is 12.6 Å². The molecule has 0 aliphatic carbocycles. The quantitative estimate of drug-likeness (QED) is 0.755. The molecule has 0 spiro atoms. The number of ether oxygens (including phenoxy) is 1. The fourth-order valence-corrected chi connectivity index (χ4v) is 1.45. The Morgan fingerprint density at radius 3 is 2.74 bits per heavy atom. The fourth-order valence-electron chi connectivity index (χ4n) is 1.45. The van der Waals surface area contributed by atoms with E-state index in [0.717, 1.165) is 6.42 Å². The second kappa shape index (κ2) is 6.67. The molecule has 0 radical (unpaired) electrons. The Bertz CT molecular complexity index is 524. The summed E-state index contributed by atoms with van der Waals surface area (Å²) in [6, 6.07) is 1.83. The van der Waals surface area contributed by atoms with E-state index >= 15 is 0 Å². The molecule has 0 saturated heterocycles. The van der Waals surface area contributed by atoms with Gasteiger partial charge in [-0.1, -0.05) is 6.92 Å². The van der Waals surface area contributed by atoms with Crippen LogP contribution in [0.25, 0.3) is 0 Å². The van der Waals surface area contributed by atoms with Crippen molar-refractivity contribution in [2.45, 2.75) is 32.9 Å². The molecule has 1 heterocycles. The molecular formula is C12H17N3O4. The normalized spacial score (nSPS) is 11.7. The Balaban J connectivity index is 2.85. The molecule has 1 aromatic heterocycles. The Morgan fingerprint density at radius 1 is 1.47 bits per heavy atom. The maximum Gasteiger partial charge on any atom is 0.328 e. The minimum atomic E-state index is -0.772. The third kappa shape index (κ3) is 3.90. The van der Waals surface area contributed by atoms with Crippen LogP contribution in [0.3, 0.4) is 0 Å². The van der Waals surface area contributed by atoms with Crippen molar-refractivity contribution in [1.82, 2.24) is 15.1 Å². The SMILES string of the molecule is CCCn1nc(C(=O)NC(C)C(=O)OC)ccc1=O. The van der Waals surface area contributed by atoms with E-state index in [-0.39, 0.29) is 11.3 Å². The molecule has 0 saturated carbocycles. The van der Waals surface area contributed by atoms with Crippen LogP contribution in [-0.4, -0.2) is 34.8 Å². The summed E-state index contributed by atoms with van der Waals surface area (Å²) in [5.74, 6) is -1.07. The largest absolute Gasteiger partial charge is 0.467 e. The van der Waals surface area contributed by atoms with E-state index in [2.05, 4.69) is 15.2 Å². The lowest BCUT2D eigenvalue weighted by molar-refractivity contribution is -0.142. The van der Waals surface area contributed by atoms with E-state index in [4.69, 9.17) is 0 Å². The summed E-state index contributed by atoms with van der Waals surface area (Å²) in [6.07, 6.45) is 0.733. The van der Waals surface area contributed by atoms with Crippen LogP contribution in [-0.2, 0) is 16.1 Å². The van der Waals surface area contributed by atoms with E-state index in [1.54, 1.807) is 0 Å². The lowest BCUT2D eigenvalue weighted by atomic mass is 10.3. The molecule has 1 atom stereocenters. The van der Waals surface area contributed by atoms with Gasteiger partial charge in [-0.3, -0.25) is 9.59 Å². The predicted octanol–water partition coefficient (Wildman–Crippen LogP) is -0.0554. The van der Waals surface area contributed by atoms with Crippen LogP contribution in [0.1, 0.15) is 30.8 Å². The number of aryl methyl sites for hydroxylation is 1. The van der Waals surface area contributed by atoms with E-state index in [1.807, 2.05) is 6.92 Å². The first-order valence-corrected chi connectivity index (χ1v) is 5.96. The molecule has 7 heteroatoms. The number of amides is 1. The summed E-state index contributed by atoms with van der Waals surface area (Å²) < 4.78 is 5.72. The number of carbonyl (C=O) groups excluding carboxylic acids is 2. The summed E-state index contributed by atoms with van der Waals surface area (Å²) in [5, 5.41) is 6.38. The summed E-state index contributed by atoms with van der Waals surface area (Å²) >= 11 is 0. The van der Waals surface area contributed by atoms with Gasteiger partial charge in [0.05, 0.1) is 7.11 Å². The Hall–Kier alpha value is -2.18. The highest BCUT2D eigenvalue weighted by Crippen LogP contribution is 1.95. The van der Waals surface area contributed by atoms with E-state index in [9.17, 15) is 14.4 Å². The minimum absolute atomic E-state index is 0.0869.